The molecule has 1 aromatic carbocycles. The smallest absolute Gasteiger partial charge is 0.269 e. The second-order valence-electron chi connectivity index (χ2n) is 5.78. The number of alkyl halides is 2. The Morgan fingerprint density at radius 1 is 1.12 bits per heavy atom. The van der Waals surface area contributed by atoms with Crippen LogP contribution in [0.3, 0.4) is 0 Å². The number of hydrogen-bond acceptors (Lipinski definition) is 6. The van der Waals surface area contributed by atoms with Gasteiger partial charge in [-0.3, -0.25) is 14.7 Å². The number of halogens is 6. The fraction of sp³-hybridized carbons (Fsp3) is 0.400. The van der Waals surface area contributed by atoms with Gasteiger partial charge in [0.1, 0.15) is 0 Å². The first kappa shape index (κ1) is 27.7. The molecule has 1 N–H and O–H groups in total. The minimum Gasteiger partial charge on any atom is -0.400 e. The van der Waals surface area contributed by atoms with Gasteiger partial charge in [-0.25, -0.2) is 22.0 Å². The van der Waals surface area contributed by atoms with Crippen LogP contribution in [0.4, 0.5) is 26.5 Å². The number of aliphatic hydroxyl groups is 1. The maximum atomic E-state index is 14.4. The maximum absolute atomic E-state index is 14.4. The summed E-state index contributed by atoms with van der Waals surface area (Å²) in [4.78, 5) is 20.1. The van der Waals surface area contributed by atoms with Gasteiger partial charge in [0.15, 0.2) is 23.2 Å². The highest BCUT2D eigenvalue weighted by molar-refractivity contribution is 8.01. The van der Waals surface area contributed by atoms with Gasteiger partial charge < -0.3 is 9.84 Å². The zero-order valence-corrected chi connectivity index (χ0v) is 18.3. The van der Waals surface area contributed by atoms with E-state index in [1.54, 1.807) is 0 Å². The highest BCUT2D eigenvalue weighted by atomic mass is 32.2. The summed E-state index contributed by atoms with van der Waals surface area (Å²) in [6.45, 7) is 4.00. The number of Topliss-reactive ketones (excluding diaryl/α,β-unsaturated/α-hetero) is 1. The quantitative estimate of drug-likeness (QED) is 0.414. The van der Waals surface area contributed by atoms with Crippen LogP contribution in [0.15, 0.2) is 23.4 Å². The lowest BCUT2D eigenvalue weighted by Crippen LogP contribution is -2.19. The summed E-state index contributed by atoms with van der Waals surface area (Å²) in [6, 6.07) is 1.47. The lowest BCUT2D eigenvalue weighted by atomic mass is 9.97. The molecule has 2 heterocycles. The summed E-state index contributed by atoms with van der Waals surface area (Å²) >= 11 is 1.06. The molecule has 1 aromatic heterocycles. The van der Waals surface area contributed by atoms with Crippen LogP contribution in [0, 0.1) is 17.5 Å². The minimum absolute atomic E-state index is 0.325. The number of methoxy groups -OCH3 is 1. The molecule has 0 saturated carbocycles. The molecular weight excluding hydrogens is 464 g/mol. The Bertz CT molecular complexity index is 931. The van der Waals surface area contributed by atoms with Crippen LogP contribution in [0.2, 0.25) is 0 Å². The molecule has 5 nitrogen and oxygen atoms in total. The van der Waals surface area contributed by atoms with Gasteiger partial charge in [0.2, 0.25) is 5.75 Å². The number of carbonyl (C=O) groups is 1. The number of aliphatic hydroxyl groups excluding tert-OH is 1. The van der Waals surface area contributed by atoms with Gasteiger partial charge in [0.25, 0.3) is 6.43 Å². The molecule has 0 aliphatic carbocycles. The molecule has 2 unspecified atom stereocenters. The molecule has 2 aromatic rings. The van der Waals surface area contributed by atoms with Crippen molar-refractivity contribution in [3.8, 4) is 5.75 Å². The molecule has 0 spiro atoms. The summed E-state index contributed by atoms with van der Waals surface area (Å²) in [5.74, 6) is -8.10. The van der Waals surface area contributed by atoms with E-state index in [2.05, 4.69) is 9.93 Å². The minimum atomic E-state index is -3.74. The SMILES string of the molecule is CC.CO.COC(CC1Sc2cnccc2C1=O)c1c(F)c(F)c(C(F)F)c(F)c1OF. The molecule has 12 heteroatoms. The van der Waals surface area contributed by atoms with E-state index in [9.17, 15) is 31.3 Å². The topological polar surface area (TPSA) is 68.7 Å². The van der Waals surface area contributed by atoms with E-state index in [-0.39, 0.29) is 12.2 Å². The van der Waals surface area contributed by atoms with Crippen molar-refractivity contribution in [2.75, 3.05) is 14.2 Å². The Morgan fingerprint density at radius 3 is 2.22 bits per heavy atom. The van der Waals surface area contributed by atoms with Crippen LogP contribution in [-0.2, 0) is 4.74 Å². The summed E-state index contributed by atoms with van der Waals surface area (Å²) in [7, 11) is 2.03. The maximum Gasteiger partial charge on any atom is 0.269 e. The van der Waals surface area contributed by atoms with E-state index >= 15 is 0 Å². The Labute approximate surface area is 184 Å². The van der Waals surface area contributed by atoms with Gasteiger partial charge in [0, 0.05) is 41.6 Å². The van der Waals surface area contributed by atoms with Crippen molar-refractivity contribution in [2.45, 2.75) is 42.9 Å². The van der Waals surface area contributed by atoms with E-state index in [4.69, 9.17) is 9.84 Å². The van der Waals surface area contributed by atoms with Crippen LogP contribution in [0.1, 0.15) is 54.3 Å². The van der Waals surface area contributed by atoms with E-state index in [0.29, 0.717) is 10.5 Å². The molecule has 1 aliphatic rings. The van der Waals surface area contributed by atoms with Crippen LogP contribution in [-0.4, -0.2) is 35.3 Å². The van der Waals surface area contributed by atoms with E-state index in [1.165, 1.54) is 18.5 Å². The molecule has 0 radical (unpaired) electrons. The molecule has 0 bridgehead atoms. The molecule has 0 saturated heterocycles. The summed E-state index contributed by atoms with van der Waals surface area (Å²) in [6.07, 6.45) is -2.78. The number of hydrogen-bond donors (Lipinski definition) is 1. The van der Waals surface area contributed by atoms with Crippen molar-refractivity contribution in [1.29, 1.82) is 0 Å². The zero-order chi connectivity index (χ0) is 24.6. The Balaban J connectivity index is 0.00000121. The van der Waals surface area contributed by atoms with Gasteiger partial charge in [0.05, 0.1) is 22.5 Å². The largest absolute Gasteiger partial charge is 0.400 e. The Morgan fingerprint density at radius 2 is 1.72 bits per heavy atom. The van der Waals surface area contributed by atoms with Crippen molar-refractivity contribution in [1.82, 2.24) is 4.98 Å². The molecule has 32 heavy (non-hydrogen) atoms. The van der Waals surface area contributed by atoms with Crippen LogP contribution in [0.5, 0.6) is 5.75 Å². The lowest BCUT2D eigenvalue weighted by Gasteiger charge is -2.22. The first-order valence-electron chi connectivity index (χ1n) is 9.21. The van der Waals surface area contributed by atoms with Crippen LogP contribution >= 0.6 is 11.8 Å². The number of ether oxygens (including phenoxy) is 1. The van der Waals surface area contributed by atoms with E-state index in [1.807, 2.05) is 13.8 Å². The lowest BCUT2D eigenvalue weighted by molar-refractivity contribution is -0.0188. The molecular formula is C20H21F6NO4S. The van der Waals surface area contributed by atoms with Gasteiger partial charge in [-0.1, -0.05) is 13.8 Å². The van der Waals surface area contributed by atoms with Crippen LogP contribution < -0.4 is 4.94 Å². The van der Waals surface area contributed by atoms with Crippen molar-refractivity contribution >= 4 is 17.5 Å². The average Bonchev–Trinajstić information content (AvgIpc) is 3.12. The Kier molecular flexibility index (Phi) is 11.0. The first-order valence-corrected chi connectivity index (χ1v) is 10.1. The van der Waals surface area contributed by atoms with Crippen molar-refractivity contribution in [3.63, 3.8) is 0 Å². The number of rotatable bonds is 6. The zero-order valence-electron chi connectivity index (χ0n) is 17.5. The third-order valence-electron chi connectivity index (χ3n) is 4.29. The van der Waals surface area contributed by atoms with E-state index in [0.717, 1.165) is 26.0 Å². The summed E-state index contributed by atoms with van der Waals surface area (Å²) in [5.41, 5.74) is -2.66. The van der Waals surface area contributed by atoms with E-state index < -0.39 is 52.1 Å². The number of ketones is 1. The highest BCUT2D eigenvalue weighted by Crippen LogP contribution is 2.45. The van der Waals surface area contributed by atoms with Gasteiger partial charge >= 0.3 is 0 Å². The monoisotopic (exact) mass is 485 g/mol. The van der Waals surface area contributed by atoms with Crippen LogP contribution in [0.25, 0.3) is 0 Å². The highest BCUT2D eigenvalue weighted by Gasteiger charge is 2.39. The number of aromatic nitrogens is 1. The fourth-order valence-corrected chi connectivity index (χ4v) is 4.20. The second kappa shape index (κ2) is 12.7. The molecule has 0 amide bonds. The number of thioether (sulfide) groups is 1. The summed E-state index contributed by atoms with van der Waals surface area (Å²) in [5, 5.41) is 6.15. The number of fused-ring (bicyclic) bond motifs is 1. The molecule has 0 fully saturated rings. The average molecular weight is 485 g/mol. The third kappa shape index (κ3) is 5.36. The fourth-order valence-electron chi connectivity index (χ4n) is 2.97. The summed E-state index contributed by atoms with van der Waals surface area (Å²) < 4.78 is 86.1. The second-order valence-corrected chi connectivity index (χ2v) is 7.02. The van der Waals surface area contributed by atoms with Gasteiger partial charge in [-0.2, -0.15) is 0 Å². The molecule has 2 atom stereocenters. The standard InChI is InChI=1S/C17H11F6NO3S.C2H6.CH4O/c1-26-7(4-8-15(25)6-2-3-24-5-9(6)28-8)10-12(18)13(19)11(17(21)22)14(20)16(10)27-23;2*1-2/h2-3,5,7-8,17H,4H2,1H3;1-2H3;2H,1H3. The number of pyridine rings is 1. The predicted molar refractivity (Wildman–Crippen MR) is 105 cm³/mol. The van der Waals surface area contributed by atoms with Crippen molar-refractivity contribution in [2.24, 2.45) is 0 Å². The molecule has 178 valence electrons. The number of nitrogens with zero attached hydrogens (tertiary/aromatic N) is 1. The Hall–Kier alpha value is -2.31. The van der Waals surface area contributed by atoms with Gasteiger partial charge in [-0.05, 0) is 12.5 Å². The number of carbonyl (C=O) groups excluding carboxylic acids is 1. The van der Waals surface area contributed by atoms with Crippen molar-refractivity contribution < 1.29 is 46.1 Å². The normalized spacial score (nSPS) is 15.4. The predicted octanol–water partition coefficient (Wildman–Crippen LogP) is 5.77. The first-order chi connectivity index (χ1) is 15.3. The molecule has 1 aliphatic heterocycles. The van der Waals surface area contributed by atoms with Gasteiger partial charge in [-0.15, -0.1) is 11.8 Å². The van der Waals surface area contributed by atoms with Crippen molar-refractivity contribution in [3.05, 3.63) is 52.6 Å². The third-order valence-corrected chi connectivity index (χ3v) is 5.56. The molecule has 3 rings (SSSR count). The number of benzene rings is 1.